The maximum Gasteiger partial charge on any atom is 0.0806 e. The van der Waals surface area contributed by atoms with Crippen LogP contribution >= 0.6 is 0 Å². The predicted octanol–water partition coefficient (Wildman–Crippen LogP) is 4.66. The number of aryl methyl sites for hydroxylation is 1. The molecule has 0 amide bonds. The lowest BCUT2D eigenvalue weighted by molar-refractivity contribution is 0.656. The van der Waals surface area contributed by atoms with E-state index in [1.165, 1.54) is 11.1 Å². The van der Waals surface area contributed by atoms with Crippen LogP contribution in [0, 0.1) is 6.92 Å². The largest absolute Gasteiger partial charge is 0.244 e. The molecule has 3 heteroatoms. The Morgan fingerprint density at radius 1 is 1.15 bits per heavy atom. The summed E-state index contributed by atoms with van der Waals surface area (Å²) in [6, 6.07) is 16.0. The lowest BCUT2D eigenvalue weighted by Gasteiger charge is -2.25. The van der Waals surface area contributed by atoms with Crippen molar-refractivity contribution in [3.05, 3.63) is 59.7 Å². The SMILES string of the molecule is CC[C@@H]1C[S@](=O)(c2ccc(C)cc2)=Nc2ccccc21. The van der Waals surface area contributed by atoms with Crippen LogP contribution in [0.3, 0.4) is 0 Å². The minimum Gasteiger partial charge on any atom is -0.244 e. The fraction of sp³-hybridized carbons (Fsp3) is 0.294. The van der Waals surface area contributed by atoms with Gasteiger partial charge in [-0.15, -0.1) is 0 Å². The van der Waals surface area contributed by atoms with E-state index in [2.05, 4.69) is 17.4 Å². The summed E-state index contributed by atoms with van der Waals surface area (Å²) in [5.41, 5.74) is 3.32. The second-order valence-electron chi connectivity index (χ2n) is 5.38. The first kappa shape index (κ1) is 13.4. The van der Waals surface area contributed by atoms with Gasteiger partial charge in [-0.1, -0.05) is 42.8 Å². The molecule has 1 aliphatic heterocycles. The molecule has 0 bridgehead atoms. The van der Waals surface area contributed by atoms with Crippen molar-refractivity contribution in [2.75, 3.05) is 5.75 Å². The van der Waals surface area contributed by atoms with Gasteiger partial charge >= 0.3 is 0 Å². The Labute approximate surface area is 121 Å². The van der Waals surface area contributed by atoms with Crippen LogP contribution in [0.25, 0.3) is 0 Å². The summed E-state index contributed by atoms with van der Waals surface area (Å²) in [6.07, 6.45) is 0.995. The summed E-state index contributed by atoms with van der Waals surface area (Å²) < 4.78 is 17.9. The first-order valence-electron chi connectivity index (χ1n) is 7.03. The molecule has 0 fully saturated rings. The van der Waals surface area contributed by atoms with Crippen LogP contribution in [0.5, 0.6) is 0 Å². The number of hydrogen-bond acceptors (Lipinski definition) is 2. The van der Waals surface area contributed by atoms with Crippen molar-refractivity contribution in [1.82, 2.24) is 0 Å². The lowest BCUT2D eigenvalue weighted by Crippen LogP contribution is -2.18. The molecule has 0 saturated carbocycles. The number of fused-ring (bicyclic) bond motifs is 1. The van der Waals surface area contributed by atoms with E-state index in [0.717, 1.165) is 17.0 Å². The van der Waals surface area contributed by atoms with Crippen LogP contribution in [0.4, 0.5) is 5.69 Å². The summed E-state index contributed by atoms with van der Waals surface area (Å²) in [7, 11) is -2.34. The fourth-order valence-corrected chi connectivity index (χ4v) is 5.09. The highest BCUT2D eigenvalue weighted by molar-refractivity contribution is 7.93. The van der Waals surface area contributed by atoms with Gasteiger partial charge in [0.1, 0.15) is 0 Å². The molecule has 20 heavy (non-hydrogen) atoms. The molecular formula is C17H19NOS. The van der Waals surface area contributed by atoms with Crippen molar-refractivity contribution in [3.8, 4) is 0 Å². The highest BCUT2D eigenvalue weighted by Crippen LogP contribution is 2.38. The van der Waals surface area contributed by atoms with Crippen LogP contribution < -0.4 is 0 Å². The molecule has 0 aromatic heterocycles. The Morgan fingerprint density at radius 3 is 2.55 bits per heavy atom. The molecule has 0 N–H and O–H groups in total. The Bertz CT molecular complexity index is 740. The van der Waals surface area contributed by atoms with Crippen LogP contribution in [0.1, 0.15) is 30.4 Å². The number of nitrogens with zero attached hydrogens (tertiary/aromatic N) is 1. The van der Waals surface area contributed by atoms with Gasteiger partial charge in [0.25, 0.3) is 0 Å². The third kappa shape index (κ3) is 2.27. The minimum atomic E-state index is -2.34. The molecule has 0 saturated heterocycles. The molecule has 1 aliphatic rings. The van der Waals surface area contributed by atoms with Crippen molar-refractivity contribution in [2.24, 2.45) is 4.36 Å². The monoisotopic (exact) mass is 285 g/mol. The summed E-state index contributed by atoms with van der Waals surface area (Å²) in [5, 5.41) is 0. The Kier molecular flexibility index (Phi) is 3.38. The summed E-state index contributed by atoms with van der Waals surface area (Å²) in [5.74, 6) is 0.960. The highest BCUT2D eigenvalue weighted by Gasteiger charge is 2.26. The molecule has 2 atom stereocenters. The molecule has 0 unspecified atom stereocenters. The smallest absolute Gasteiger partial charge is 0.0806 e. The van der Waals surface area contributed by atoms with Crippen LogP contribution in [0.15, 0.2) is 57.8 Å². The zero-order valence-electron chi connectivity index (χ0n) is 11.9. The van der Waals surface area contributed by atoms with Gasteiger partial charge in [0.15, 0.2) is 0 Å². The maximum absolute atomic E-state index is 13.3. The van der Waals surface area contributed by atoms with E-state index in [1.54, 1.807) is 0 Å². The highest BCUT2D eigenvalue weighted by atomic mass is 32.2. The van der Waals surface area contributed by atoms with Gasteiger partial charge in [0, 0.05) is 10.6 Å². The van der Waals surface area contributed by atoms with Crippen molar-refractivity contribution >= 4 is 15.4 Å². The van der Waals surface area contributed by atoms with E-state index in [1.807, 2.05) is 49.4 Å². The third-order valence-electron chi connectivity index (χ3n) is 3.93. The number of rotatable bonds is 2. The fourth-order valence-electron chi connectivity index (χ4n) is 2.71. The zero-order valence-corrected chi connectivity index (χ0v) is 12.7. The molecule has 0 aliphatic carbocycles. The van der Waals surface area contributed by atoms with Crippen LogP contribution in [0.2, 0.25) is 0 Å². The standard InChI is InChI=1S/C17H19NOS/c1-3-14-12-20(19,15-10-8-13(2)9-11-15)18-17-7-5-4-6-16(14)17/h4-11,14H,3,12H2,1-2H3/t14-,20+/m1/s1. The zero-order chi connectivity index (χ0) is 14.2. The van der Waals surface area contributed by atoms with Crippen LogP contribution in [-0.4, -0.2) is 9.96 Å². The molecule has 2 aromatic rings. The Balaban J connectivity index is 2.17. The lowest BCUT2D eigenvalue weighted by atomic mass is 9.97. The van der Waals surface area contributed by atoms with Crippen LogP contribution in [-0.2, 0) is 9.73 Å². The molecule has 1 heterocycles. The van der Waals surface area contributed by atoms with Gasteiger partial charge in [0.05, 0.1) is 15.4 Å². The molecular weight excluding hydrogens is 266 g/mol. The predicted molar refractivity (Wildman–Crippen MR) is 84.0 cm³/mol. The molecule has 0 spiro atoms. The van der Waals surface area contributed by atoms with Gasteiger partial charge in [-0.05, 0) is 43.0 Å². The average Bonchev–Trinajstić information content (AvgIpc) is 2.47. The molecule has 104 valence electrons. The summed E-state index contributed by atoms with van der Waals surface area (Å²) in [6.45, 7) is 4.19. The van der Waals surface area contributed by atoms with Crippen molar-refractivity contribution in [2.45, 2.75) is 31.1 Å². The van der Waals surface area contributed by atoms with E-state index in [4.69, 9.17) is 0 Å². The van der Waals surface area contributed by atoms with Gasteiger partial charge in [-0.3, -0.25) is 0 Å². The Morgan fingerprint density at radius 2 is 1.85 bits per heavy atom. The third-order valence-corrected chi connectivity index (χ3v) is 6.29. The van der Waals surface area contributed by atoms with E-state index in [9.17, 15) is 4.21 Å². The molecule has 3 rings (SSSR count). The average molecular weight is 285 g/mol. The summed E-state index contributed by atoms with van der Waals surface area (Å²) in [4.78, 5) is 0.857. The first-order valence-corrected chi connectivity index (χ1v) is 8.71. The second kappa shape index (κ2) is 5.06. The minimum absolute atomic E-state index is 0.331. The van der Waals surface area contributed by atoms with Crippen molar-refractivity contribution in [1.29, 1.82) is 0 Å². The van der Waals surface area contributed by atoms with Crippen molar-refractivity contribution in [3.63, 3.8) is 0 Å². The van der Waals surface area contributed by atoms with Gasteiger partial charge in [-0.25, -0.2) is 4.21 Å². The van der Waals surface area contributed by atoms with E-state index in [0.29, 0.717) is 11.7 Å². The normalized spacial score (nSPS) is 24.8. The van der Waals surface area contributed by atoms with Gasteiger partial charge in [-0.2, -0.15) is 4.36 Å². The second-order valence-corrected chi connectivity index (χ2v) is 7.64. The number of benzene rings is 2. The van der Waals surface area contributed by atoms with E-state index >= 15 is 0 Å². The molecule has 0 radical (unpaired) electrons. The van der Waals surface area contributed by atoms with Gasteiger partial charge < -0.3 is 0 Å². The number of hydrogen-bond donors (Lipinski definition) is 0. The topological polar surface area (TPSA) is 29.4 Å². The first-order chi connectivity index (χ1) is 9.62. The maximum atomic E-state index is 13.3. The Hall–Kier alpha value is -1.61. The molecule has 2 aromatic carbocycles. The van der Waals surface area contributed by atoms with E-state index in [-0.39, 0.29) is 0 Å². The molecule has 2 nitrogen and oxygen atoms in total. The van der Waals surface area contributed by atoms with Crippen molar-refractivity contribution < 1.29 is 4.21 Å². The van der Waals surface area contributed by atoms with E-state index < -0.39 is 9.73 Å². The van der Waals surface area contributed by atoms with Gasteiger partial charge in [0.2, 0.25) is 0 Å². The summed E-state index contributed by atoms with van der Waals surface area (Å²) >= 11 is 0. The quantitative estimate of drug-likeness (QED) is 0.789.